The van der Waals surface area contributed by atoms with Crippen molar-refractivity contribution in [1.29, 1.82) is 0 Å². The fraction of sp³-hybridized carbons (Fsp3) is 0.727. The number of thiazole rings is 1. The van der Waals surface area contributed by atoms with E-state index in [2.05, 4.69) is 4.98 Å². The standard InChI is InChI=1S/C11H17NO2S/c1-8-7-15-10(12-8)6-9(13)11(14)4-2-3-5-11/h7,9,13-14H,2-6H2,1H3. The molecule has 1 unspecified atom stereocenters. The molecule has 0 spiro atoms. The Kier molecular flexibility index (Phi) is 3.09. The van der Waals surface area contributed by atoms with Crippen LogP contribution in [0.1, 0.15) is 36.4 Å². The summed E-state index contributed by atoms with van der Waals surface area (Å²) in [6, 6.07) is 0. The lowest BCUT2D eigenvalue weighted by Crippen LogP contribution is -2.40. The van der Waals surface area contributed by atoms with Crippen molar-refractivity contribution >= 4 is 11.3 Å². The van der Waals surface area contributed by atoms with Crippen LogP contribution in [0.2, 0.25) is 0 Å². The summed E-state index contributed by atoms with van der Waals surface area (Å²) in [6.07, 6.45) is 3.30. The Morgan fingerprint density at radius 3 is 2.73 bits per heavy atom. The quantitative estimate of drug-likeness (QED) is 0.825. The van der Waals surface area contributed by atoms with E-state index in [4.69, 9.17) is 0 Å². The number of aliphatic hydroxyl groups is 2. The zero-order chi connectivity index (χ0) is 10.9. The summed E-state index contributed by atoms with van der Waals surface area (Å²) in [4.78, 5) is 4.30. The van der Waals surface area contributed by atoms with Crippen molar-refractivity contribution in [2.24, 2.45) is 0 Å². The van der Waals surface area contributed by atoms with Crippen LogP contribution in [0.3, 0.4) is 0 Å². The van der Waals surface area contributed by atoms with Gasteiger partial charge in [0, 0.05) is 17.5 Å². The van der Waals surface area contributed by atoms with Crippen LogP contribution in [0.5, 0.6) is 0 Å². The van der Waals surface area contributed by atoms with E-state index in [0.717, 1.165) is 36.4 Å². The van der Waals surface area contributed by atoms with Crippen molar-refractivity contribution in [2.45, 2.75) is 50.7 Å². The Labute approximate surface area is 93.8 Å². The molecule has 0 saturated heterocycles. The molecule has 1 fully saturated rings. The highest BCUT2D eigenvalue weighted by atomic mass is 32.1. The van der Waals surface area contributed by atoms with E-state index < -0.39 is 11.7 Å². The van der Waals surface area contributed by atoms with Crippen LogP contribution < -0.4 is 0 Å². The highest BCUT2D eigenvalue weighted by molar-refractivity contribution is 7.09. The zero-order valence-corrected chi connectivity index (χ0v) is 9.76. The topological polar surface area (TPSA) is 53.4 Å². The van der Waals surface area contributed by atoms with Gasteiger partial charge < -0.3 is 10.2 Å². The minimum atomic E-state index is -0.862. The van der Waals surface area contributed by atoms with E-state index in [-0.39, 0.29) is 0 Å². The van der Waals surface area contributed by atoms with Crippen LogP contribution in [-0.2, 0) is 6.42 Å². The number of aromatic nitrogens is 1. The van der Waals surface area contributed by atoms with Crippen LogP contribution in [-0.4, -0.2) is 26.9 Å². The van der Waals surface area contributed by atoms with Gasteiger partial charge in [0.05, 0.1) is 16.7 Å². The van der Waals surface area contributed by atoms with Crippen LogP contribution >= 0.6 is 11.3 Å². The van der Waals surface area contributed by atoms with Gasteiger partial charge in [-0.05, 0) is 19.8 Å². The first-order valence-corrected chi connectivity index (χ1v) is 6.29. The third kappa shape index (κ3) is 2.38. The molecule has 3 nitrogen and oxygen atoms in total. The van der Waals surface area contributed by atoms with Crippen molar-refractivity contribution in [1.82, 2.24) is 4.98 Å². The minimum absolute atomic E-state index is 0.481. The number of rotatable bonds is 3. The van der Waals surface area contributed by atoms with Gasteiger partial charge >= 0.3 is 0 Å². The van der Waals surface area contributed by atoms with Gasteiger partial charge in [-0.2, -0.15) is 0 Å². The first-order valence-electron chi connectivity index (χ1n) is 5.42. The Hall–Kier alpha value is -0.450. The molecule has 1 saturated carbocycles. The third-order valence-electron chi connectivity index (χ3n) is 3.12. The predicted molar refractivity (Wildman–Crippen MR) is 60.0 cm³/mol. The Balaban J connectivity index is 1.99. The van der Waals surface area contributed by atoms with Crippen molar-refractivity contribution in [3.05, 3.63) is 16.1 Å². The zero-order valence-electron chi connectivity index (χ0n) is 8.94. The molecule has 1 aromatic heterocycles. The van der Waals surface area contributed by atoms with Crippen LogP contribution in [0.25, 0.3) is 0 Å². The molecule has 1 aromatic rings. The molecule has 15 heavy (non-hydrogen) atoms. The average molecular weight is 227 g/mol. The summed E-state index contributed by atoms with van der Waals surface area (Å²) in [5.74, 6) is 0. The number of hydrogen-bond acceptors (Lipinski definition) is 4. The Morgan fingerprint density at radius 2 is 2.20 bits per heavy atom. The normalized spacial score (nSPS) is 21.8. The molecule has 84 valence electrons. The highest BCUT2D eigenvalue weighted by Crippen LogP contribution is 2.33. The van der Waals surface area contributed by atoms with Crippen molar-refractivity contribution in [3.63, 3.8) is 0 Å². The van der Waals surface area contributed by atoms with Crippen molar-refractivity contribution < 1.29 is 10.2 Å². The lowest BCUT2D eigenvalue weighted by molar-refractivity contribution is -0.0689. The van der Waals surface area contributed by atoms with E-state index in [9.17, 15) is 10.2 Å². The fourth-order valence-corrected chi connectivity index (χ4v) is 2.98. The van der Waals surface area contributed by atoms with E-state index >= 15 is 0 Å². The molecular weight excluding hydrogens is 210 g/mol. The van der Waals surface area contributed by atoms with Crippen LogP contribution in [0.4, 0.5) is 0 Å². The van der Waals surface area contributed by atoms with Gasteiger partial charge in [-0.15, -0.1) is 11.3 Å². The third-order valence-corrected chi connectivity index (χ3v) is 4.11. The van der Waals surface area contributed by atoms with E-state index in [1.54, 1.807) is 11.3 Å². The monoisotopic (exact) mass is 227 g/mol. The first kappa shape index (κ1) is 11.0. The number of aliphatic hydroxyl groups excluding tert-OH is 1. The molecule has 1 heterocycles. The van der Waals surface area contributed by atoms with Gasteiger partial charge in [0.1, 0.15) is 0 Å². The number of hydrogen-bond donors (Lipinski definition) is 2. The molecule has 1 aliphatic rings. The second kappa shape index (κ2) is 4.20. The summed E-state index contributed by atoms with van der Waals surface area (Å²) < 4.78 is 0. The minimum Gasteiger partial charge on any atom is -0.390 e. The second-order valence-corrected chi connectivity index (χ2v) is 5.36. The molecule has 0 aromatic carbocycles. The molecule has 0 aliphatic heterocycles. The first-order chi connectivity index (χ1) is 7.10. The maximum atomic E-state index is 10.2. The maximum absolute atomic E-state index is 10.2. The van der Waals surface area contributed by atoms with Gasteiger partial charge in [0.15, 0.2) is 0 Å². The molecule has 1 atom stereocenters. The van der Waals surface area contributed by atoms with Crippen molar-refractivity contribution in [3.8, 4) is 0 Å². The molecule has 2 N–H and O–H groups in total. The molecule has 0 amide bonds. The number of aryl methyl sites for hydroxylation is 1. The van der Waals surface area contributed by atoms with E-state index in [1.165, 1.54) is 0 Å². The van der Waals surface area contributed by atoms with Gasteiger partial charge in [-0.3, -0.25) is 0 Å². The van der Waals surface area contributed by atoms with Gasteiger partial charge in [0.2, 0.25) is 0 Å². The summed E-state index contributed by atoms with van der Waals surface area (Å²) in [5.41, 5.74) is 0.125. The lowest BCUT2D eigenvalue weighted by Gasteiger charge is -2.27. The van der Waals surface area contributed by atoms with E-state index in [1.807, 2.05) is 12.3 Å². The molecule has 0 radical (unpaired) electrons. The SMILES string of the molecule is Cc1csc(CC(O)C2(O)CCCC2)n1. The summed E-state index contributed by atoms with van der Waals surface area (Å²) in [7, 11) is 0. The molecule has 4 heteroatoms. The summed E-state index contributed by atoms with van der Waals surface area (Å²) in [6.45, 7) is 1.94. The largest absolute Gasteiger partial charge is 0.390 e. The van der Waals surface area contributed by atoms with Crippen LogP contribution in [0.15, 0.2) is 5.38 Å². The molecule has 2 rings (SSSR count). The molecule has 0 bridgehead atoms. The van der Waals surface area contributed by atoms with Gasteiger partial charge in [0.25, 0.3) is 0 Å². The molecule has 1 aliphatic carbocycles. The fourth-order valence-electron chi connectivity index (χ4n) is 2.17. The van der Waals surface area contributed by atoms with E-state index in [0.29, 0.717) is 6.42 Å². The predicted octanol–water partition coefficient (Wildman–Crippen LogP) is 1.66. The van der Waals surface area contributed by atoms with Gasteiger partial charge in [-0.25, -0.2) is 4.98 Å². The second-order valence-electron chi connectivity index (χ2n) is 4.41. The maximum Gasteiger partial charge on any atom is 0.0955 e. The highest BCUT2D eigenvalue weighted by Gasteiger charge is 2.38. The molecular formula is C11H17NO2S. The smallest absolute Gasteiger partial charge is 0.0955 e. The lowest BCUT2D eigenvalue weighted by atomic mass is 9.93. The average Bonchev–Trinajstić information content (AvgIpc) is 2.76. The Morgan fingerprint density at radius 1 is 1.53 bits per heavy atom. The number of nitrogens with zero attached hydrogens (tertiary/aromatic N) is 1. The van der Waals surface area contributed by atoms with Crippen LogP contribution in [0, 0.1) is 6.92 Å². The summed E-state index contributed by atoms with van der Waals surface area (Å²) >= 11 is 1.55. The van der Waals surface area contributed by atoms with Crippen molar-refractivity contribution in [2.75, 3.05) is 0 Å². The van der Waals surface area contributed by atoms with Gasteiger partial charge in [-0.1, -0.05) is 12.8 Å². The summed E-state index contributed by atoms with van der Waals surface area (Å²) in [5, 5.41) is 23.0. The Bertz CT molecular complexity index is 331.